The second-order valence-electron chi connectivity index (χ2n) is 7.51. The number of anilines is 1. The van der Waals surface area contributed by atoms with Crippen LogP contribution in [-0.4, -0.2) is 60.1 Å². The number of esters is 1. The van der Waals surface area contributed by atoms with Crippen molar-refractivity contribution in [3.05, 3.63) is 59.9 Å². The summed E-state index contributed by atoms with van der Waals surface area (Å²) in [5.41, 5.74) is 3.16. The number of nitrogens with zero attached hydrogens (tertiary/aromatic N) is 2. The highest BCUT2D eigenvalue weighted by Gasteiger charge is 2.20. The zero-order valence-corrected chi connectivity index (χ0v) is 19.8. The van der Waals surface area contributed by atoms with Gasteiger partial charge in [-0.2, -0.15) is 0 Å². The van der Waals surface area contributed by atoms with Gasteiger partial charge in [0.25, 0.3) is 0 Å². The van der Waals surface area contributed by atoms with Crippen molar-refractivity contribution in [2.75, 3.05) is 42.7 Å². The van der Waals surface area contributed by atoms with Crippen LogP contribution in [-0.2, 0) is 16.1 Å². The quantitative estimate of drug-likeness (QED) is 0.278. The maximum Gasteiger partial charge on any atom is 0.306 e. The molecule has 0 atom stereocenters. The number of benzene rings is 1. The summed E-state index contributed by atoms with van der Waals surface area (Å²) < 4.78 is 7.54. The number of aliphatic hydroxyl groups excluding tert-OH is 2. The average molecular weight is 476 g/mol. The molecule has 32 heavy (non-hydrogen) atoms. The third-order valence-corrected chi connectivity index (χ3v) is 7.57. The minimum atomic E-state index is -0.0971. The minimum absolute atomic E-state index is 0.0543. The first kappa shape index (κ1) is 24.6. The van der Waals surface area contributed by atoms with Crippen LogP contribution in [0.1, 0.15) is 24.0 Å². The van der Waals surface area contributed by atoms with Gasteiger partial charge in [0, 0.05) is 48.8 Å². The second-order valence-corrected chi connectivity index (χ2v) is 10.1. The van der Waals surface area contributed by atoms with Gasteiger partial charge in [0.05, 0.1) is 19.6 Å². The summed E-state index contributed by atoms with van der Waals surface area (Å²) in [7, 11) is 3.53. The summed E-state index contributed by atoms with van der Waals surface area (Å²) in [5.74, 6) is 1.70. The summed E-state index contributed by atoms with van der Waals surface area (Å²) in [6.07, 6.45) is 9.47. The first-order valence-corrected chi connectivity index (χ1v) is 13.3. The largest absolute Gasteiger partial charge is 0.461 e. The molecule has 0 unspecified atom stereocenters. The van der Waals surface area contributed by atoms with Gasteiger partial charge in [-0.25, -0.2) is 4.57 Å². The molecule has 0 saturated carbocycles. The lowest BCUT2D eigenvalue weighted by Crippen LogP contribution is -2.33. The number of pyridine rings is 1. The number of carbonyl (C=O) groups excluding carboxylic acids is 1. The van der Waals surface area contributed by atoms with E-state index < -0.39 is 0 Å². The van der Waals surface area contributed by atoms with Crippen LogP contribution in [0.5, 0.6) is 0 Å². The standard InChI is InChI=1S/C24H31N2O4S2/c27-16-14-26(15-17-28)22-7-5-20(6-8-22)3-4-21-9-12-25(13-10-21)11-1-2-24(29)30-23-18-31-32-19-23/h3-10,12-13,23,27-28H,1-2,11,14-19H2/q+1. The van der Waals surface area contributed by atoms with Crippen LogP contribution in [0.15, 0.2) is 48.8 Å². The maximum atomic E-state index is 11.9. The number of aryl methyl sites for hydroxylation is 1. The number of hydrogen-bond donors (Lipinski definition) is 2. The van der Waals surface area contributed by atoms with Crippen LogP contribution in [0.3, 0.4) is 0 Å². The molecule has 2 heterocycles. The van der Waals surface area contributed by atoms with E-state index >= 15 is 0 Å². The normalized spacial score (nSPS) is 14.2. The predicted molar refractivity (Wildman–Crippen MR) is 132 cm³/mol. The molecule has 1 aliphatic heterocycles. The van der Waals surface area contributed by atoms with Gasteiger partial charge < -0.3 is 19.8 Å². The lowest BCUT2D eigenvalue weighted by molar-refractivity contribution is -0.697. The van der Waals surface area contributed by atoms with Crippen molar-refractivity contribution in [3.8, 4) is 0 Å². The number of hydrogen-bond acceptors (Lipinski definition) is 7. The Kier molecular flexibility index (Phi) is 10.4. The third kappa shape index (κ3) is 8.16. The molecule has 1 aromatic heterocycles. The number of aromatic nitrogens is 1. The van der Waals surface area contributed by atoms with Gasteiger partial charge in [0.2, 0.25) is 0 Å². The Labute approximate surface area is 197 Å². The molecule has 2 aromatic rings. The van der Waals surface area contributed by atoms with E-state index in [1.54, 1.807) is 21.6 Å². The molecule has 0 bridgehead atoms. The highest BCUT2D eigenvalue weighted by Crippen LogP contribution is 2.32. The summed E-state index contributed by atoms with van der Waals surface area (Å²) in [6, 6.07) is 12.2. The van der Waals surface area contributed by atoms with Gasteiger partial charge in [-0.15, -0.1) is 0 Å². The average Bonchev–Trinajstić information content (AvgIpc) is 3.32. The molecule has 0 aliphatic carbocycles. The van der Waals surface area contributed by atoms with Gasteiger partial charge in [0.1, 0.15) is 12.6 Å². The van der Waals surface area contributed by atoms with Crippen LogP contribution < -0.4 is 9.47 Å². The SMILES string of the molecule is O=C(CCC[n+]1ccc(/C=C/c2ccc(N(CCO)CCO)cc2)cc1)OC1CSSC1. The number of ether oxygens (including phenoxy) is 1. The molecule has 0 spiro atoms. The van der Waals surface area contributed by atoms with Crippen LogP contribution in [0.25, 0.3) is 12.2 Å². The fraction of sp³-hybridized carbons (Fsp3) is 0.417. The molecular formula is C24H31N2O4S2+. The van der Waals surface area contributed by atoms with Crippen molar-refractivity contribution in [1.82, 2.24) is 0 Å². The molecule has 172 valence electrons. The first-order chi connectivity index (χ1) is 15.7. The Morgan fingerprint density at radius 1 is 1.00 bits per heavy atom. The van der Waals surface area contributed by atoms with Crippen LogP contribution in [0.2, 0.25) is 0 Å². The molecule has 0 amide bonds. The van der Waals surface area contributed by atoms with Gasteiger partial charge in [-0.1, -0.05) is 45.9 Å². The lowest BCUT2D eigenvalue weighted by Gasteiger charge is -2.22. The zero-order valence-electron chi connectivity index (χ0n) is 18.1. The van der Waals surface area contributed by atoms with Crippen molar-refractivity contribution in [3.63, 3.8) is 0 Å². The first-order valence-electron chi connectivity index (χ1n) is 10.9. The summed E-state index contributed by atoms with van der Waals surface area (Å²) >= 11 is 0. The maximum absolute atomic E-state index is 11.9. The smallest absolute Gasteiger partial charge is 0.306 e. The molecule has 0 radical (unpaired) electrons. The van der Waals surface area contributed by atoms with E-state index in [0.29, 0.717) is 19.5 Å². The van der Waals surface area contributed by atoms with Crippen molar-refractivity contribution in [2.45, 2.75) is 25.5 Å². The Bertz CT molecular complexity index is 847. The number of carbonyl (C=O) groups is 1. The summed E-state index contributed by atoms with van der Waals surface area (Å²) in [5, 5.41) is 18.3. The Morgan fingerprint density at radius 2 is 1.59 bits per heavy atom. The van der Waals surface area contributed by atoms with Crippen LogP contribution in [0.4, 0.5) is 5.69 Å². The molecule has 1 aromatic carbocycles. The van der Waals surface area contributed by atoms with E-state index in [9.17, 15) is 15.0 Å². The van der Waals surface area contributed by atoms with Crippen LogP contribution >= 0.6 is 21.6 Å². The van der Waals surface area contributed by atoms with E-state index in [0.717, 1.165) is 41.3 Å². The summed E-state index contributed by atoms with van der Waals surface area (Å²) in [4.78, 5) is 13.9. The molecule has 8 heteroatoms. The van der Waals surface area contributed by atoms with Crippen LogP contribution in [0, 0.1) is 0 Å². The third-order valence-electron chi connectivity index (χ3n) is 5.07. The van der Waals surface area contributed by atoms with E-state index in [1.807, 2.05) is 41.6 Å². The van der Waals surface area contributed by atoms with Crippen molar-refractivity contribution >= 4 is 45.4 Å². The topological polar surface area (TPSA) is 73.9 Å². The minimum Gasteiger partial charge on any atom is -0.461 e. The second kappa shape index (κ2) is 13.5. The molecule has 1 aliphatic rings. The van der Waals surface area contributed by atoms with Crippen molar-refractivity contribution in [2.24, 2.45) is 0 Å². The monoisotopic (exact) mass is 475 g/mol. The fourth-order valence-corrected chi connectivity index (χ4v) is 5.85. The predicted octanol–water partition coefficient (Wildman–Crippen LogP) is 3.02. The van der Waals surface area contributed by atoms with E-state index in [4.69, 9.17) is 4.74 Å². The highest BCUT2D eigenvalue weighted by molar-refractivity contribution is 8.77. The van der Waals surface area contributed by atoms with Crippen molar-refractivity contribution in [1.29, 1.82) is 0 Å². The van der Waals surface area contributed by atoms with Gasteiger partial charge in [-0.3, -0.25) is 4.79 Å². The van der Waals surface area contributed by atoms with Gasteiger partial charge >= 0.3 is 5.97 Å². The molecule has 1 saturated heterocycles. The van der Waals surface area contributed by atoms with Crippen molar-refractivity contribution < 1.29 is 24.3 Å². The Hall–Kier alpha value is -2.00. The van der Waals surface area contributed by atoms with Gasteiger partial charge in [0.15, 0.2) is 12.4 Å². The molecule has 6 nitrogen and oxygen atoms in total. The van der Waals surface area contributed by atoms with E-state index in [1.165, 1.54) is 0 Å². The zero-order chi connectivity index (χ0) is 22.6. The number of aliphatic hydroxyl groups is 2. The molecule has 2 N–H and O–H groups in total. The van der Waals surface area contributed by atoms with E-state index in [2.05, 4.69) is 28.9 Å². The number of rotatable bonds is 12. The molecular weight excluding hydrogens is 444 g/mol. The molecule has 1 fully saturated rings. The fourth-order valence-electron chi connectivity index (χ4n) is 3.34. The lowest BCUT2D eigenvalue weighted by atomic mass is 10.1. The highest BCUT2D eigenvalue weighted by atomic mass is 33.1. The van der Waals surface area contributed by atoms with E-state index in [-0.39, 0.29) is 25.3 Å². The summed E-state index contributed by atoms with van der Waals surface area (Å²) in [6.45, 7) is 1.89. The Balaban J connectivity index is 1.44. The Morgan fingerprint density at radius 3 is 2.19 bits per heavy atom. The van der Waals surface area contributed by atoms with Gasteiger partial charge in [-0.05, 0) is 23.3 Å². The molecule has 3 rings (SSSR count).